The monoisotopic (exact) mass is 675 g/mol. The summed E-state index contributed by atoms with van der Waals surface area (Å²) in [6.07, 6.45) is -3.28. The second-order valence-electron chi connectivity index (χ2n) is 13.1. The third-order valence-electron chi connectivity index (χ3n) is 10.3. The van der Waals surface area contributed by atoms with Crippen LogP contribution in [-0.2, 0) is 29.0 Å². The van der Waals surface area contributed by atoms with E-state index in [1.54, 1.807) is 0 Å². The van der Waals surface area contributed by atoms with Crippen LogP contribution in [0.1, 0.15) is 80.0 Å². The number of nitrogens with zero attached hydrogens (tertiary/aromatic N) is 2. The van der Waals surface area contributed by atoms with Crippen molar-refractivity contribution in [2.45, 2.75) is 94.1 Å². The standard InChI is InChI=1S/C34H41ClF7N3O/c35-28-8-4-9-29(36)25(28)21-31(46)30-22-32(12-5-14-43-30,23-10-11-26(33(37,38)39)27(20-23)34(40,41)42)13-15-44-16-18-45(19-17-44)24-6-2-1-3-7-24/h4,8-11,20,24,30,43H,1-3,5-7,12-19,21-22H2. The van der Waals surface area contributed by atoms with Gasteiger partial charge in [0.15, 0.2) is 5.78 Å². The molecule has 1 aliphatic carbocycles. The Hall–Kier alpha value is -2.21. The summed E-state index contributed by atoms with van der Waals surface area (Å²) < 4.78 is 98.0. The lowest BCUT2D eigenvalue weighted by molar-refractivity contribution is -0.162. The van der Waals surface area contributed by atoms with E-state index < -0.39 is 40.8 Å². The van der Waals surface area contributed by atoms with Gasteiger partial charge in [-0.1, -0.05) is 43.0 Å². The van der Waals surface area contributed by atoms with Crippen LogP contribution in [0.4, 0.5) is 30.7 Å². The number of hydrogen-bond donors (Lipinski definition) is 1. The van der Waals surface area contributed by atoms with E-state index in [1.807, 2.05) is 0 Å². The molecule has 0 bridgehead atoms. The largest absolute Gasteiger partial charge is 0.417 e. The number of Topliss-reactive ketones (excluding diaryl/α,β-unsaturated/α-hetero) is 1. The van der Waals surface area contributed by atoms with Crippen molar-refractivity contribution < 1.29 is 35.5 Å². The molecule has 254 valence electrons. The van der Waals surface area contributed by atoms with Crippen molar-refractivity contribution in [1.29, 1.82) is 0 Å². The summed E-state index contributed by atoms with van der Waals surface area (Å²) in [5.74, 6) is -1.01. The Morgan fingerprint density at radius 1 is 0.913 bits per heavy atom. The Balaban J connectivity index is 1.43. The molecule has 0 amide bonds. The predicted octanol–water partition coefficient (Wildman–Crippen LogP) is 8.05. The molecule has 2 saturated heterocycles. The van der Waals surface area contributed by atoms with E-state index in [0.717, 1.165) is 32.2 Å². The highest BCUT2D eigenvalue weighted by Gasteiger charge is 2.46. The van der Waals surface area contributed by atoms with Crippen molar-refractivity contribution in [2.75, 3.05) is 39.3 Å². The van der Waals surface area contributed by atoms with Gasteiger partial charge in [0.1, 0.15) is 5.82 Å². The molecule has 2 aromatic carbocycles. The highest BCUT2D eigenvalue weighted by Crippen LogP contribution is 2.46. The van der Waals surface area contributed by atoms with Gasteiger partial charge in [0.2, 0.25) is 0 Å². The molecule has 0 aromatic heterocycles. The van der Waals surface area contributed by atoms with Gasteiger partial charge in [0, 0.05) is 49.2 Å². The Kier molecular flexibility index (Phi) is 11.1. The van der Waals surface area contributed by atoms with E-state index in [1.165, 1.54) is 50.3 Å². The lowest BCUT2D eigenvalue weighted by Gasteiger charge is -2.42. The second kappa shape index (κ2) is 14.5. The van der Waals surface area contributed by atoms with Crippen LogP contribution >= 0.6 is 11.6 Å². The quantitative estimate of drug-likeness (QED) is 0.288. The minimum atomic E-state index is -5.22. The number of halogens is 8. The van der Waals surface area contributed by atoms with Crippen molar-refractivity contribution in [3.8, 4) is 0 Å². The van der Waals surface area contributed by atoms with Gasteiger partial charge in [-0.05, 0) is 86.9 Å². The second-order valence-corrected chi connectivity index (χ2v) is 13.5. The van der Waals surface area contributed by atoms with Crippen LogP contribution in [0.2, 0.25) is 5.02 Å². The molecule has 1 saturated carbocycles. The van der Waals surface area contributed by atoms with Crippen molar-refractivity contribution in [3.05, 3.63) is 69.5 Å². The lowest BCUT2D eigenvalue weighted by Crippen LogP contribution is -2.51. The number of carbonyl (C=O) groups excluding carboxylic acids is 1. The van der Waals surface area contributed by atoms with Gasteiger partial charge in [-0.3, -0.25) is 9.69 Å². The summed E-state index contributed by atoms with van der Waals surface area (Å²) in [7, 11) is 0. The van der Waals surface area contributed by atoms with Crippen LogP contribution < -0.4 is 5.32 Å². The van der Waals surface area contributed by atoms with Crippen LogP contribution in [0.15, 0.2) is 36.4 Å². The Labute approximate surface area is 270 Å². The highest BCUT2D eigenvalue weighted by molar-refractivity contribution is 6.31. The molecule has 0 spiro atoms. The molecule has 1 N–H and O–H groups in total. The van der Waals surface area contributed by atoms with E-state index in [2.05, 4.69) is 15.1 Å². The van der Waals surface area contributed by atoms with Crippen LogP contribution in [0.5, 0.6) is 0 Å². The minimum absolute atomic E-state index is 0.0375. The summed E-state index contributed by atoms with van der Waals surface area (Å²) >= 11 is 6.18. The fraction of sp³-hybridized carbons (Fsp3) is 0.618. The molecule has 3 fully saturated rings. The summed E-state index contributed by atoms with van der Waals surface area (Å²) in [6.45, 7) is 4.28. The first-order valence-electron chi connectivity index (χ1n) is 16.2. The van der Waals surface area contributed by atoms with Gasteiger partial charge < -0.3 is 10.2 Å². The summed E-state index contributed by atoms with van der Waals surface area (Å²) in [6, 6.07) is 6.16. The predicted molar refractivity (Wildman–Crippen MR) is 163 cm³/mol. The van der Waals surface area contributed by atoms with Crippen molar-refractivity contribution in [1.82, 2.24) is 15.1 Å². The number of alkyl halides is 6. The first kappa shape index (κ1) is 35.1. The van der Waals surface area contributed by atoms with Crippen molar-refractivity contribution in [3.63, 3.8) is 0 Å². The molecule has 2 heterocycles. The van der Waals surface area contributed by atoms with Gasteiger partial charge in [-0.25, -0.2) is 4.39 Å². The van der Waals surface area contributed by atoms with Crippen LogP contribution in [0.3, 0.4) is 0 Å². The topological polar surface area (TPSA) is 35.6 Å². The first-order chi connectivity index (χ1) is 21.8. The zero-order valence-corrected chi connectivity index (χ0v) is 26.5. The maximum Gasteiger partial charge on any atom is 0.417 e. The fourth-order valence-corrected chi connectivity index (χ4v) is 7.88. The summed E-state index contributed by atoms with van der Waals surface area (Å²) in [5.41, 5.74) is -4.30. The van der Waals surface area contributed by atoms with Gasteiger partial charge in [-0.15, -0.1) is 0 Å². The van der Waals surface area contributed by atoms with Crippen LogP contribution in [-0.4, -0.2) is 66.9 Å². The van der Waals surface area contributed by atoms with E-state index in [-0.39, 0.29) is 34.8 Å². The zero-order chi connectivity index (χ0) is 33.1. The fourth-order valence-electron chi connectivity index (χ4n) is 7.65. The first-order valence-corrected chi connectivity index (χ1v) is 16.6. The van der Waals surface area contributed by atoms with E-state index in [4.69, 9.17) is 11.6 Å². The molecule has 12 heteroatoms. The van der Waals surface area contributed by atoms with Crippen LogP contribution in [0, 0.1) is 5.82 Å². The SMILES string of the molecule is O=C(Cc1c(F)cccc1Cl)C1CC(CCN2CCN(C3CCCCC3)CC2)(c2ccc(C(F)(F)F)c(C(F)(F)F)c2)CCCN1. The van der Waals surface area contributed by atoms with Gasteiger partial charge in [0.05, 0.1) is 17.2 Å². The highest BCUT2D eigenvalue weighted by atomic mass is 35.5. The molecule has 2 unspecified atom stereocenters. The molecule has 4 nitrogen and oxygen atoms in total. The number of carbonyl (C=O) groups is 1. The van der Waals surface area contributed by atoms with Crippen molar-refractivity contribution >= 4 is 17.4 Å². The smallest absolute Gasteiger partial charge is 0.307 e. The maximum atomic E-state index is 14.6. The number of piperazine rings is 1. The number of nitrogens with one attached hydrogen (secondary N) is 1. The number of ketones is 1. The molecule has 46 heavy (non-hydrogen) atoms. The third-order valence-corrected chi connectivity index (χ3v) is 10.6. The molecule has 2 aliphatic heterocycles. The number of rotatable bonds is 8. The van der Waals surface area contributed by atoms with Gasteiger partial charge >= 0.3 is 12.4 Å². The molecule has 2 aromatic rings. The van der Waals surface area contributed by atoms with E-state index >= 15 is 0 Å². The Morgan fingerprint density at radius 3 is 2.26 bits per heavy atom. The average Bonchev–Trinajstić information content (AvgIpc) is 3.25. The average molecular weight is 676 g/mol. The molecule has 0 radical (unpaired) electrons. The lowest BCUT2D eigenvalue weighted by atomic mass is 9.69. The zero-order valence-electron chi connectivity index (χ0n) is 25.8. The van der Waals surface area contributed by atoms with Crippen LogP contribution in [0.25, 0.3) is 0 Å². The van der Waals surface area contributed by atoms with Gasteiger partial charge in [0.25, 0.3) is 0 Å². The minimum Gasteiger partial charge on any atom is -0.307 e. The molecule has 2 atom stereocenters. The Morgan fingerprint density at radius 2 is 1.61 bits per heavy atom. The molecular weight excluding hydrogens is 635 g/mol. The molecular formula is C34H41ClF7N3O. The summed E-state index contributed by atoms with van der Waals surface area (Å²) in [4.78, 5) is 18.4. The molecule has 3 aliphatic rings. The maximum absolute atomic E-state index is 14.6. The normalized spacial score (nSPS) is 24.6. The third kappa shape index (κ3) is 8.25. The summed E-state index contributed by atoms with van der Waals surface area (Å²) in [5, 5.41) is 3.28. The Bertz CT molecular complexity index is 1330. The molecule has 5 rings (SSSR count). The number of hydrogen-bond acceptors (Lipinski definition) is 4. The van der Waals surface area contributed by atoms with Gasteiger partial charge in [-0.2, -0.15) is 26.3 Å². The van der Waals surface area contributed by atoms with E-state index in [9.17, 15) is 35.5 Å². The van der Waals surface area contributed by atoms with Crippen molar-refractivity contribution in [2.24, 2.45) is 0 Å². The number of benzene rings is 2. The van der Waals surface area contributed by atoms with E-state index in [0.29, 0.717) is 50.5 Å².